The third-order valence-electron chi connectivity index (χ3n) is 2.30. The van der Waals surface area contributed by atoms with Gasteiger partial charge >= 0.3 is 0 Å². The summed E-state index contributed by atoms with van der Waals surface area (Å²) >= 11 is 14.0. The van der Waals surface area contributed by atoms with Crippen molar-refractivity contribution < 1.29 is 9.00 Å². The van der Waals surface area contributed by atoms with Gasteiger partial charge in [0.2, 0.25) is 0 Å². The number of halogens is 3. The first-order chi connectivity index (χ1) is 8.99. The number of benzene rings is 1. The first-order valence-corrected chi connectivity index (χ1v) is 9.20. The van der Waals surface area contributed by atoms with Crippen LogP contribution in [0.3, 0.4) is 0 Å². The highest BCUT2D eigenvalue weighted by molar-refractivity contribution is 9.12. The van der Waals surface area contributed by atoms with Gasteiger partial charge in [0, 0.05) is 5.56 Å². The van der Waals surface area contributed by atoms with Crippen LogP contribution in [0.1, 0.15) is 10.4 Å². The lowest BCUT2D eigenvalue weighted by molar-refractivity contribution is 0.102. The van der Waals surface area contributed by atoms with Gasteiger partial charge in [-0.05, 0) is 50.1 Å². The molecule has 2 nitrogen and oxygen atoms in total. The third kappa shape index (κ3) is 3.76. The highest BCUT2D eigenvalue weighted by atomic mass is 79.9. The van der Waals surface area contributed by atoms with Crippen LogP contribution in [0.2, 0.25) is 5.02 Å². The summed E-state index contributed by atoms with van der Waals surface area (Å²) in [6.45, 7) is 0. The van der Waals surface area contributed by atoms with E-state index in [1.165, 1.54) is 11.3 Å². The van der Waals surface area contributed by atoms with E-state index in [4.69, 9.17) is 11.6 Å². The zero-order valence-corrected chi connectivity index (χ0v) is 14.9. The second-order valence-electron chi connectivity index (χ2n) is 3.58. The minimum absolute atomic E-state index is 0.0779. The fraction of sp³-hybridized carbons (Fsp3) is 0.0833. The van der Waals surface area contributed by atoms with E-state index in [9.17, 15) is 9.00 Å². The monoisotopic (exact) mass is 440 g/mol. The number of rotatable bonds is 4. The van der Waals surface area contributed by atoms with Gasteiger partial charge in [-0.15, -0.1) is 11.3 Å². The van der Waals surface area contributed by atoms with E-state index in [1.807, 2.05) is 0 Å². The van der Waals surface area contributed by atoms with Crippen LogP contribution < -0.4 is 0 Å². The smallest absolute Gasteiger partial charge is 0.177 e. The normalized spacial score (nSPS) is 12.4. The Morgan fingerprint density at radius 2 is 2.00 bits per heavy atom. The van der Waals surface area contributed by atoms with Crippen LogP contribution in [0.25, 0.3) is 0 Å². The minimum atomic E-state index is -1.44. The van der Waals surface area contributed by atoms with Gasteiger partial charge in [0.15, 0.2) is 5.78 Å². The van der Waals surface area contributed by atoms with Crippen molar-refractivity contribution >= 4 is 71.4 Å². The lowest BCUT2D eigenvalue weighted by Crippen LogP contribution is -2.11. The molecule has 19 heavy (non-hydrogen) atoms. The average Bonchev–Trinajstić information content (AvgIpc) is 2.69. The summed E-state index contributed by atoms with van der Waals surface area (Å²) in [6.07, 6.45) is 0. The Kier molecular flexibility index (Phi) is 5.37. The summed E-state index contributed by atoms with van der Waals surface area (Å²) in [5.41, 5.74) is 0.539. The molecule has 100 valence electrons. The Balaban J connectivity index is 2.18. The lowest BCUT2D eigenvalue weighted by atomic mass is 10.2. The summed E-state index contributed by atoms with van der Waals surface area (Å²) in [5.74, 6) is -0.252. The van der Waals surface area contributed by atoms with Gasteiger partial charge in [-0.25, -0.2) is 0 Å². The Labute approximate surface area is 138 Å². The zero-order chi connectivity index (χ0) is 14.0. The van der Waals surface area contributed by atoms with E-state index in [2.05, 4.69) is 31.9 Å². The first-order valence-electron chi connectivity index (χ1n) is 5.10. The fourth-order valence-corrected chi connectivity index (χ4v) is 5.75. The van der Waals surface area contributed by atoms with Crippen LogP contribution in [-0.4, -0.2) is 15.7 Å². The Hall–Kier alpha value is -0.0100. The van der Waals surface area contributed by atoms with E-state index in [-0.39, 0.29) is 11.5 Å². The van der Waals surface area contributed by atoms with Crippen molar-refractivity contribution in [1.82, 2.24) is 0 Å². The van der Waals surface area contributed by atoms with Crippen LogP contribution >= 0.6 is 54.8 Å². The highest BCUT2D eigenvalue weighted by Gasteiger charge is 2.18. The third-order valence-corrected chi connectivity index (χ3v) is 6.45. The van der Waals surface area contributed by atoms with Crippen LogP contribution in [0.5, 0.6) is 0 Å². The van der Waals surface area contributed by atoms with E-state index < -0.39 is 10.8 Å². The molecular formula is C12H7Br2ClO2S2. The number of ketones is 1. The Morgan fingerprint density at radius 3 is 2.58 bits per heavy atom. The summed E-state index contributed by atoms with van der Waals surface area (Å²) < 4.78 is 13.7. The molecule has 0 aliphatic carbocycles. The molecular weight excluding hydrogens is 436 g/mol. The predicted molar refractivity (Wildman–Crippen MR) is 86.8 cm³/mol. The van der Waals surface area contributed by atoms with Crippen molar-refractivity contribution in [3.63, 3.8) is 0 Å². The number of carbonyl (C=O) groups is 1. The second-order valence-corrected chi connectivity index (χ2v) is 9.16. The summed E-state index contributed by atoms with van der Waals surface area (Å²) in [4.78, 5) is 12.6. The molecule has 0 N–H and O–H groups in total. The standard InChI is InChI=1S/C12H7Br2ClO2S2/c13-11-5-7(12(14)18-11)9(16)6-19(17)10-4-2-1-3-8(10)15/h1-5H,6H2. The molecule has 0 fully saturated rings. The topological polar surface area (TPSA) is 34.1 Å². The molecule has 0 saturated heterocycles. The highest BCUT2D eigenvalue weighted by Crippen LogP contribution is 2.32. The molecule has 1 atom stereocenters. The van der Waals surface area contributed by atoms with Gasteiger partial charge in [-0.1, -0.05) is 23.7 Å². The molecule has 0 amide bonds. The number of Topliss-reactive ketones (excluding diaryl/α,β-unsaturated/α-hetero) is 1. The van der Waals surface area contributed by atoms with Gasteiger partial charge in [0.25, 0.3) is 0 Å². The Bertz CT molecular complexity index is 655. The fourth-order valence-electron chi connectivity index (χ4n) is 1.43. The molecule has 1 aromatic carbocycles. The van der Waals surface area contributed by atoms with Crippen molar-refractivity contribution in [2.45, 2.75) is 4.90 Å². The Morgan fingerprint density at radius 1 is 1.32 bits per heavy atom. The number of thiophene rings is 1. The molecule has 1 unspecified atom stereocenters. The van der Waals surface area contributed by atoms with Gasteiger partial charge in [0.1, 0.15) is 0 Å². The maximum atomic E-state index is 12.1. The number of carbonyl (C=O) groups excluding carboxylic acids is 1. The average molecular weight is 443 g/mol. The van der Waals surface area contributed by atoms with Crippen LogP contribution in [0.4, 0.5) is 0 Å². The van der Waals surface area contributed by atoms with E-state index in [0.717, 1.165) is 7.57 Å². The van der Waals surface area contributed by atoms with Crippen molar-refractivity contribution in [2.24, 2.45) is 0 Å². The minimum Gasteiger partial charge on any atom is -0.293 e. The molecule has 0 aliphatic rings. The van der Waals surface area contributed by atoms with Crippen molar-refractivity contribution in [2.75, 3.05) is 5.75 Å². The van der Waals surface area contributed by atoms with E-state index in [1.54, 1.807) is 30.3 Å². The molecule has 7 heteroatoms. The summed E-state index contributed by atoms with van der Waals surface area (Å²) in [5, 5.41) is 0.416. The number of hydrogen-bond donors (Lipinski definition) is 0. The first kappa shape index (κ1) is 15.4. The second kappa shape index (κ2) is 6.63. The van der Waals surface area contributed by atoms with E-state index >= 15 is 0 Å². The molecule has 0 bridgehead atoms. The summed E-state index contributed by atoms with van der Waals surface area (Å²) in [7, 11) is -1.44. The molecule has 0 saturated carbocycles. The van der Waals surface area contributed by atoms with Gasteiger partial charge in [-0.2, -0.15) is 0 Å². The summed E-state index contributed by atoms with van der Waals surface area (Å²) in [6, 6.07) is 8.57. The number of hydrogen-bond acceptors (Lipinski definition) is 3. The van der Waals surface area contributed by atoms with Crippen LogP contribution in [0.15, 0.2) is 42.8 Å². The molecule has 1 heterocycles. The largest absolute Gasteiger partial charge is 0.293 e. The molecule has 0 radical (unpaired) electrons. The van der Waals surface area contributed by atoms with Gasteiger partial charge < -0.3 is 0 Å². The maximum Gasteiger partial charge on any atom is 0.177 e. The van der Waals surface area contributed by atoms with Crippen molar-refractivity contribution in [3.05, 3.63) is 48.5 Å². The van der Waals surface area contributed by atoms with Crippen LogP contribution in [-0.2, 0) is 10.8 Å². The lowest BCUT2D eigenvalue weighted by Gasteiger charge is -2.03. The van der Waals surface area contributed by atoms with Crippen LogP contribution in [0, 0.1) is 0 Å². The van der Waals surface area contributed by atoms with Crippen molar-refractivity contribution in [3.8, 4) is 0 Å². The molecule has 0 aliphatic heterocycles. The maximum absolute atomic E-state index is 12.1. The molecule has 1 aromatic heterocycles. The van der Waals surface area contributed by atoms with Gasteiger partial charge in [0.05, 0.1) is 34.0 Å². The molecule has 0 spiro atoms. The molecule has 2 rings (SSSR count). The predicted octanol–water partition coefficient (Wildman–Crippen LogP) is 4.92. The quantitative estimate of drug-likeness (QED) is 0.630. The van der Waals surface area contributed by atoms with Crippen molar-refractivity contribution in [1.29, 1.82) is 0 Å². The molecule has 2 aromatic rings. The SMILES string of the molecule is O=C(CS(=O)c1ccccc1Cl)c1cc(Br)sc1Br. The van der Waals surface area contributed by atoms with Gasteiger partial charge in [-0.3, -0.25) is 9.00 Å². The zero-order valence-electron chi connectivity index (χ0n) is 9.36. The van der Waals surface area contributed by atoms with E-state index in [0.29, 0.717) is 15.5 Å².